The van der Waals surface area contributed by atoms with Crippen LogP contribution in [-0.2, 0) is 16.4 Å². The van der Waals surface area contributed by atoms with E-state index in [-0.39, 0.29) is 17.5 Å². The van der Waals surface area contributed by atoms with Crippen LogP contribution in [0.15, 0.2) is 60.8 Å². The number of aromatic nitrogens is 1. The standard InChI is InChI=1S/C30H30F3N5O2/c1-37-18-23(19-37)36-28(39)29(22-7-9-25(35-17-22)24-5-3-4-6-27(24)40-2)11-13-38(14-12-29)26-10-8-21(30(31,32)33)15-20(26)16-34/h3-10,15,17,23H,11-14,18-19H2,1-2H3,(H,36,39). The Balaban J connectivity index is 1.43. The number of hydrogen-bond acceptors (Lipinski definition) is 6. The third-order valence-corrected chi connectivity index (χ3v) is 7.93. The minimum atomic E-state index is -4.53. The van der Waals surface area contributed by atoms with Crippen molar-refractivity contribution in [2.45, 2.75) is 30.5 Å². The zero-order valence-corrected chi connectivity index (χ0v) is 22.3. The fourth-order valence-corrected chi connectivity index (χ4v) is 5.66. The van der Waals surface area contributed by atoms with Gasteiger partial charge >= 0.3 is 6.18 Å². The number of nitriles is 1. The average Bonchev–Trinajstić information content (AvgIpc) is 2.95. The van der Waals surface area contributed by atoms with Gasteiger partial charge in [0.25, 0.3) is 0 Å². The lowest BCUT2D eigenvalue weighted by atomic mass is 9.72. The molecule has 1 N–H and O–H groups in total. The van der Waals surface area contributed by atoms with Gasteiger partial charge in [-0.3, -0.25) is 9.78 Å². The van der Waals surface area contributed by atoms with Crippen molar-refractivity contribution in [3.8, 4) is 23.1 Å². The molecular weight excluding hydrogens is 519 g/mol. The average molecular weight is 550 g/mol. The summed E-state index contributed by atoms with van der Waals surface area (Å²) in [5.41, 5.74) is 1.03. The van der Waals surface area contributed by atoms with Gasteiger partial charge in [0.05, 0.1) is 41.1 Å². The lowest BCUT2D eigenvalue weighted by molar-refractivity contribution is -0.137. The van der Waals surface area contributed by atoms with Crippen molar-refractivity contribution in [2.75, 3.05) is 45.2 Å². The molecule has 3 heterocycles. The molecule has 2 saturated heterocycles. The minimum Gasteiger partial charge on any atom is -0.496 e. The van der Waals surface area contributed by atoms with E-state index in [2.05, 4.69) is 10.2 Å². The summed E-state index contributed by atoms with van der Waals surface area (Å²) in [6.07, 6.45) is -1.95. The van der Waals surface area contributed by atoms with E-state index in [1.807, 2.05) is 54.4 Å². The highest BCUT2D eigenvalue weighted by molar-refractivity contribution is 5.89. The molecular formula is C30H30F3N5O2. The first-order chi connectivity index (χ1) is 19.1. The third-order valence-electron chi connectivity index (χ3n) is 7.93. The van der Waals surface area contributed by atoms with Gasteiger partial charge in [-0.05, 0) is 61.9 Å². The van der Waals surface area contributed by atoms with Gasteiger partial charge in [0.2, 0.25) is 5.91 Å². The van der Waals surface area contributed by atoms with Crippen LogP contribution in [0, 0.1) is 11.3 Å². The van der Waals surface area contributed by atoms with Crippen LogP contribution in [0.25, 0.3) is 11.3 Å². The van der Waals surface area contributed by atoms with Crippen molar-refractivity contribution < 1.29 is 22.7 Å². The fourth-order valence-electron chi connectivity index (χ4n) is 5.66. The van der Waals surface area contributed by atoms with Crippen LogP contribution in [0.3, 0.4) is 0 Å². The summed E-state index contributed by atoms with van der Waals surface area (Å²) in [5.74, 6) is 0.618. The monoisotopic (exact) mass is 549 g/mol. The van der Waals surface area contributed by atoms with Crippen LogP contribution in [0.5, 0.6) is 5.75 Å². The van der Waals surface area contributed by atoms with E-state index >= 15 is 0 Å². The van der Waals surface area contributed by atoms with Crippen molar-refractivity contribution in [3.05, 3.63) is 77.5 Å². The molecule has 10 heteroatoms. The van der Waals surface area contributed by atoms with E-state index in [4.69, 9.17) is 9.72 Å². The van der Waals surface area contributed by atoms with Crippen molar-refractivity contribution in [1.29, 1.82) is 5.26 Å². The zero-order valence-electron chi connectivity index (χ0n) is 22.3. The molecule has 0 unspecified atom stereocenters. The van der Waals surface area contributed by atoms with Gasteiger partial charge < -0.3 is 19.9 Å². The molecule has 0 aliphatic carbocycles. The summed E-state index contributed by atoms with van der Waals surface area (Å²) in [7, 11) is 3.60. The maximum atomic E-state index is 13.8. The van der Waals surface area contributed by atoms with E-state index in [1.54, 1.807) is 13.3 Å². The number of piperidine rings is 1. The largest absolute Gasteiger partial charge is 0.496 e. The van der Waals surface area contributed by atoms with E-state index in [0.29, 0.717) is 37.4 Å². The van der Waals surface area contributed by atoms with Crippen molar-refractivity contribution in [3.63, 3.8) is 0 Å². The number of rotatable bonds is 6. The van der Waals surface area contributed by atoms with Crippen LogP contribution in [0.4, 0.5) is 18.9 Å². The molecule has 1 aromatic heterocycles. The number of amides is 1. The predicted molar refractivity (Wildman–Crippen MR) is 145 cm³/mol. The molecule has 1 amide bonds. The number of hydrogen-bond donors (Lipinski definition) is 1. The second-order valence-electron chi connectivity index (χ2n) is 10.4. The lowest BCUT2D eigenvalue weighted by Gasteiger charge is -2.44. The number of carbonyl (C=O) groups is 1. The summed E-state index contributed by atoms with van der Waals surface area (Å²) in [4.78, 5) is 22.5. The maximum Gasteiger partial charge on any atom is 0.416 e. The number of halogens is 3. The number of nitrogens with one attached hydrogen (secondary N) is 1. The van der Waals surface area contributed by atoms with Gasteiger partial charge in [0.15, 0.2) is 0 Å². The molecule has 2 fully saturated rings. The Labute approximate surface area is 231 Å². The van der Waals surface area contributed by atoms with Gasteiger partial charge in [0.1, 0.15) is 11.8 Å². The summed E-state index contributed by atoms with van der Waals surface area (Å²) in [6.45, 7) is 2.34. The van der Waals surface area contributed by atoms with E-state index in [9.17, 15) is 23.2 Å². The molecule has 40 heavy (non-hydrogen) atoms. The molecule has 0 saturated carbocycles. The van der Waals surface area contributed by atoms with Crippen LogP contribution in [-0.4, -0.2) is 62.2 Å². The summed E-state index contributed by atoms with van der Waals surface area (Å²) >= 11 is 0. The fraction of sp³-hybridized carbons (Fsp3) is 0.367. The molecule has 2 aliphatic rings. The lowest BCUT2D eigenvalue weighted by Crippen LogP contribution is -2.62. The highest BCUT2D eigenvalue weighted by Gasteiger charge is 2.45. The van der Waals surface area contributed by atoms with Crippen LogP contribution in [0.1, 0.15) is 29.5 Å². The molecule has 0 bridgehead atoms. The molecule has 5 rings (SSSR count). The Hall–Kier alpha value is -4.10. The summed E-state index contributed by atoms with van der Waals surface area (Å²) in [5, 5.41) is 12.8. The van der Waals surface area contributed by atoms with Crippen LogP contribution < -0.4 is 15.0 Å². The van der Waals surface area contributed by atoms with Gasteiger partial charge in [0, 0.05) is 37.9 Å². The Morgan fingerprint density at radius 2 is 1.85 bits per heavy atom. The van der Waals surface area contributed by atoms with Gasteiger partial charge in [-0.15, -0.1) is 0 Å². The van der Waals surface area contributed by atoms with E-state index < -0.39 is 17.2 Å². The number of benzene rings is 2. The molecule has 3 aromatic rings. The number of alkyl halides is 3. The Kier molecular flexibility index (Phi) is 7.43. The first-order valence-electron chi connectivity index (χ1n) is 13.1. The van der Waals surface area contributed by atoms with E-state index in [1.165, 1.54) is 6.07 Å². The Morgan fingerprint density at radius 1 is 1.12 bits per heavy atom. The molecule has 0 spiro atoms. The first-order valence-corrected chi connectivity index (χ1v) is 13.1. The number of carbonyl (C=O) groups excluding carboxylic acids is 1. The number of anilines is 1. The molecule has 0 radical (unpaired) electrons. The highest BCUT2D eigenvalue weighted by Crippen LogP contribution is 2.40. The molecule has 208 valence electrons. The van der Waals surface area contributed by atoms with E-state index in [0.717, 1.165) is 42.0 Å². The number of likely N-dealkylation sites (N-methyl/N-ethyl adjacent to an activating group) is 1. The molecule has 2 aliphatic heterocycles. The number of ether oxygens (including phenoxy) is 1. The van der Waals surface area contributed by atoms with Crippen LogP contribution >= 0.6 is 0 Å². The maximum absolute atomic E-state index is 13.8. The number of para-hydroxylation sites is 1. The number of pyridine rings is 1. The minimum absolute atomic E-state index is 0.0351. The second kappa shape index (κ2) is 10.8. The second-order valence-corrected chi connectivity index (χ2v) is 10.4. The number of methoxy groups -OCH3 is 1. The third kappa shape index (κ3) is 5.21. The molecule has 0 atom stereocenters. The summed E-state index contributed by atoms with van der Waals surface area (Å²) < 4.78 is 45.1. The van der Waals surface area contributed by atoms with Gasteiger partial charge in [-0.2, -0.15) is 18.4 Å². The van der Waals surface area contributed by atoms with Crippen LogP contribution in [0.2, 0.25) is 0 Å². The zero-order chi connectivity index (χ0) is 28.5. The first kappa shape index (κ1) is 27.5. The molecule has 2 aromatic carbocycles. The SMILES string of the molecule is COc1ccccc1-c1ccc(C2(C(=O)NC3CN(C)C3)CCN(c3ccc(C(F)(F)F)cc3C#N)CC2)cn1. The normalized spacial score (nSPS) is 17.6. The highest BCUT2D eigenvalue weighted by atomic mass is 19.4. The number of likely N-dealkylation sites (tertiary alicyclic amines) is 1. The Bertz CT molecular complexity index is 1420. The molecule has 7 nitrogen and oxygen atoms in total. The topological polar surface area (TPSA) is 81.5 Å². The number of nitrogens with zero attached hydrogens (tertiary/aromatic N) is 4. The predicted octanol–water partition coefficient (Wildman–Crippen LogP) is 4.62. The van der Waals surface area contributed by atoms with Crippen molar-refractivity contribution in [1.82, 2.24) is 15.2 Å². The smallest absolute Gasteiger partial charge is 0.416 e. The van der Waals surface area contributed by atoms with Gasteiger partial charge in [-0.1, -0.05) is 18.2 Å². The van der Waals surface area contributed by atoms with Crippen molar-refractivity contribution >= 4 is 11.6 Å². The Morgan fingerprint density at radius 3 is 2.45 bits per heavy atom. The quantitative estimate of drug-likeness (QED) is 0.484. The van der Waals surface area contributed by atoms with Crippen molar-refractivity contribution in [2.24, 2.45) is 0 Å². The summed E-state index contributed by atoms with van der Waals surface area (Å²) in [6, 6.07) is 16.6. The van der Waals surface area contributed by atoms with Gasteiger partial charge in [-0.25, -0.2) is 0 Å².